The van der Waals surface area contributed by atoms with Crippen molar-refractivity contribution >= 4 is 17.7 Å². The van der Waals surface area contributed by atoms with Gasteiger partial charge in [-0.3, -0.25) is 4.79 Å². The molecule has 0 saturated heterocycles. The van der Waals surface area contributed by atoms with Gasteiger partial charge in [0, 0.05) is 12.1 Å². The first-order valence-electron chi connectivity index (χ1n) is 7.65. The Morgan fingerprint density at radius 3 is 2.62 bits per heavy atom. The zero-order valence-corrected chi connectivity index (χ0v) is 14.1. The quantitative estimate of drug-likeness (QED) is 0.822. The average Bonchev–Trinajstić information content (AvgIpc) is 2.98. The van der Waals surface area contributed by atoms with Gasteiger partial charge in [0.25, 0.3) is 5.91 Å². The molecule has 0 aliphatic rings. The van der Waals surface area contributed by atoms with Gasteiger partial charge in [-0.05, 0) is 39.3 Å². The Kier molecular flexibility index (Phi) is 5.23. The summed E-state index contributed by atoms with van der Waals surface area (Å²) in [5, 5.41) is 16.7. The zero-order chi connectivity index (χ0) is 17.9. The SMILES string of the molecule is Cc1cccc(C(=O)O[C@@H](C)C(=O)Nc2ccnn2C(C)C)c1O. The van der Waals surface area contributed by atoms with E-state index < -0.39 is 18.0 Å². The van der Waals surface area contributed by atoms with E-state index in [-0.39, 0.29) is 17.4 Å². The number of nitrogens with one attached hydrogen (secondary N) is 1. The number of hydrogen-bond donors (Lipinski definition) is 2. The number of hydrogen-bond acceptors (Lipinski definition) is 5. The minimum absolute atomic E-state index is 0.0295. The van der Waals surface area contributed by atoms with Crippen LogP contribution in [0.2, 0.25) is 0 Å². The van der Waals surface area contributed by atoms with Gasteiger partial charge >= 0.3 is 5.97 Å². The van der Waals surface area contributed by atoms with Crippen LogP contribution in [0.1, 0.15) is 42.7 Å². The lowest BCUT2D eigenvalue weighted by Gasteiger charge is -2.16. The van der Waals surface area contributed by atoms with Crippen LogP contribution in [0.3, 0.4) is 0 Å². The molecule has 0 fully saturated rings. The summed E-state index contributed by atoms with van der Waals surface area (Å²) in [5.74, 6) is -0.849. The predicted octanol–water partition coefficient (Wildman–Crippen LogP) is 2.66. The molecule has 0 spiro atoms. The first-order chi connectivity index (χ1) is 11.3. The molecule has 0 aliphatic heterocycles. The third-order valence-electron chi connectivity index (χ3n) is 3.52. The van der Waals surface area contributed by atoms with E-state index in [4.69, 9.17) is 4.74 Å². The van der Waals surface area contributed by atoms with Crippen LogP contribution in [-0.2, 0) is 9.53 Å². The molecule has 1 aromatic carbocycles. The number of nitrogens with zero attached hydrogens (tertiary/aromatic N) is 2. The number of aromatic nitrogens is 2. The Morgan fingerprint density at radius 1 is 1.25 bits per heavy atom. The van der Waals surface area contributed by atoms with Crippen molar-refractivity contribution in [1.82, 2.24) is 9.78 Å². The highest BCUT2D eigenvalue weighted by atomic mass is 16.5. The van der Waals surface area contributed by atoms with E-state index in [9.17, 15) is 14.7 Å². The van der Waals surface area contributed by atoms with E-state index in [0.29, 0.717) is 11.4 Å². The fraction of sp³-hybridized carbons (Fsp3) is 0.353. The number of rotatable bonds is 5. The minimum atomic E-state index is -1.02. The maximum atomic E-state index is 12.2. The fourth-order valence-electron chi connectivity index (χ4n) is 2.15. The van der Waals surface area contributed by atoms with Crippen LogP contribution in [0.5, 0.6) is 5.75 Å². The molecule has 128 valence electrons. The van der Waals surface area contributed by atoms with Gasteiger partial charge < -0.3 is 15.2 Å². The molecule has 0 radical (unpaired) electrons. The van der Waals surface area contributed by atoms with E-state index in [1.54, 1.807) is 36.0 Å². The molecule has 24 heavy (non-hydrogen) atoms. The Balaban J connectivity index is 2.05. The molecule has 1 amide bonds. The molecule has 2 N–H and O–H groups in total. The molecule has 0 unspecified atom stereocenters. The van der Waals surface area contributed by atoms with Crippen molar-refractivity contribution in [3.05, 3.63) is 41.6 Å². The molecule has 1 aromatic heterocycles. The molecular formula is C17H21N3O4. The monoisotopic (exact) mass is 331 g/mol. The molecule has 0 bridgehead atoms. The number of benzene rings is 1. The van der Waals surface area contributed by atoms with Gasteiger partial charge in [-0.15, -0.1) is 0 Å². The lowest BCUT2D eigenvalue weighted by molar-refractivity contribution is -0.123. The van der Waals surface area contributed by atoms with E-state index in [2.05, 4.69) is 10.4 Å². The Morgan fingerprint density at radius 2 is 1.96 bits per heavy atom. The summed E-state index contributed by atoms with van der Waals surface area (Å²) in [7, 11) is 0. The number of carbonyl (C=O) groups is 2. The number of phenolic OH excluding ortho intramolecular Hbond substituents is 1. The number of ether oxygens (including phenoxy) is 1. The van der Waals surface area contributed by atoms with Crippen molar-refractivity contribution in [3.63, 3.8) is 0 Å². The molecular weight excluding hydrogens is 310 g/mol. The van der Waals surface area contributed by atoms with Crippen molar-refractivity contribution in [2.45, 2.75) is 39.8 Å². The van der Waals surface area contributed by atoms with Crippen molar-refractivity contribution in [1.29, 1.82) is 0 Å². The number of amides is 1. The molecule has 1 heterocycles. The number of esters is 1. The van der Waals surface area contributed by atoms with E-state index in [1.165, 1.54) is 13.0 Å². The second-order valence-corrected chi connectivity index (χ2v) is 5.76. The van der Waals surface area contributed by atoms with Gasteiger partial charge in [0.2, 0.25) is 0 Å². The summed E-state index contributed by atoms with van der Waals surface area (Å²) in [6.07, 6.45) is 0.560. The lowest BCUT2D eigenvalue weighted by Crippen LogP contribution is -2.31. The molecule has 2 aromatic rings. The van der Waals surface area contributed by atoms with Crippen molar-refractivity contribution in [3.8, 4) is 5.75 Å². The molecule has 0 saturated carbocycles. The summed E-state index contributed by atoms with van der Waals surface area (Å²) >= 11 is 0. The van der Waals surface area contributed by atoms with Crippen LogP contribution in [0, 0.1) is 6.92 Å². The fourth-order valence-corrected chi connectivity index (χ4v) is 2.15. The minimum Gasteiger partial charge on any atom is -0.507 e. The number of aryl methyl sites for hydroxylation is 1. The smallest absolute Gasteiger partial charge is 0.342 e. The topological polar surface area (TPSA) is 93.5 Å². The molecule has 7 nitrogen and oxygen atoms in total. The normalized spacial score (nSPS) is 12.0. The van der Waals surface area contributed by atoms with Crippen LogP contribution in [-0.4, -0.2) is 32.9 Å². The highest BCUT2D eigenvalue weighted by Gasteiger charge is 2.22. The summed E-state index contributed by atoms with van der Waals surface area (Å²) in [4.78, 5) is 24.3. The van der Waals surface area contributed by atoms with Crippen LogP contribution < -0.4 is 5.32 Å². The second kappa shape index (κ2) is 7.16. The first kappa shape index (κ1) is 17.5. The lowest BCUT2D eigenvalue weighted by atomic mass is 10.1. The van der Waals surface area contributed by atoms with Gasteiger partial charge in [-0.25, -0.2) is 9.48 Å². The van der Waals surface area contributed by atoms with E-state index >= 15 is 0 Å². The Bertz CT molecular complexity index is 752. The number of phenols is 1. The predicted molar refractivity (Wildman–Crippen MR) is 89.0 cm³/mol. The number of carbonyl (C=O) groups excluding carboxylic acids is 2. The van der Waals surface area contributed by atoms with Crippen molar-refractivity contribution < 1.29 is 19.4 Å². The van der Waals surface area contributed by atoms with Crippen molar-refractivity contribution in [2.24, 2.45) is 0 Å². The molecule has 2 rings (SSSR count). The third kappa shape index (κ3) is 3.73. The van der Waals surface area contributed by atoms with Crippen molar-refractivity contribution in [2.75, 3.05) is 5.32 Å². The number of aromatic hydroxyl groups is 1. The Labute approximate surface area is 140 Å². The third-order valence-corrected chi connectivity index (χ3v) is 3.52. The molecule has 0 aliphatic carbocycles. The van der Waals surface area contributed by atoms with Gasteiger partial charge in [0.15, 0.2) is 6.10 Å². The van der Waals surface area contributed by atoms with Crippen LogP contribution in [0.4, 0.5) is 5.82 Å². The molecule has 7 heteroatoms. The van der Waals surface area contributed by atoms with Crippen LogP contribution >= 0.6 is 0 Å². The van der Waals surface area contributed by atoms with Gasteiger partial charge in [-0.2, -0.15) is 5.10 Å². The van der Waals surface area contributed by atoms with Gasteiger partial charge in [0.05, 0.1) is 6.20 Å². The summed E-state index contributed by atoms with van der Waals surface area (Å²) in [6, 6.07) is 6.51. The Hall–Kier alpha value is -2.83. The van der Waals surface area contributed by atoms with Gasteiger partial charge in [0.1, 0.15) is 17.1 Å². The largest absolute Gasteiger partial charge is 0.507 e. The summed E-state index contributed by atoms with van der Waals surface area (Å²) < 4.78 is 6.79. The average molecular weight is 331 g/mol. The maximum Gasteiger partial charge on any atom is 0.342 e. The number of anilines is 1. The zero-order valence-electron chi connectivity index (χ0n) is 14.1. The standard InChI is InChI=1S/C17H21N3O4/c1-10(2)20-14(8-9-18-20)19-16(22)12(4)24-17(23)13-7-5-6-11(3)15(13)21/h5-10,12,21H,1-4H3,(H,19,22)/t12-/m0/s1. The molecule has 1 atom stereocenters. The van der Waals surface area contributed by atoms with E-state index in [0.717, 1.165) is 0 Å². The highest BCUT2D eigenvalue weighted by Crippen LogP contribution is 2.22. The first-order valence-corrected chi connectivity index (χ1v) is 7.65. The van der Waals surface area contributed by atoms with Crippen LogP contribution in [0.15, 0.2) is 30.5 Å². The maximum absolute atomic E-state index is 12.2. The highest BCUT2D eigenvalue weighted by molar-refractivity contribution is 5.98. The number of para-hydroxylation sites is 1. The summed E-state index contributed by atoms with van der Waals surface area (Å²) in [5.41, 5.74) is 0.587. The van der Waals surface area contributed by atoms with Gasteiger partial charge in [-0.1, -0.05) is 12.1 Å². The summed E-state index contributed by atoms with van der Waals surface area (Å²) in [6.45, 7) is 7.02. The van der Waals surface area contributed by atoms with Crippen LogP contribution in [0.25, 0.3) is 0 Å². The second-order valence-electron chi connectivity index (χ2n) is 5.76. The van der Waals surface area contributed by atoms with E-state index in [1.807, 2.05) is 13.8 Å².